The van der Waals surface area contributed by atoms with Crippen molar-refractivity contribution < 1.29 is 44.1 Å². The first kappa shape index (κ1) is 35.1. The van der Waals surface area contributed by atoms with Gasteiger partial charge in [-0.1, -0.05) is 12.1 Å². The summed E-state index contributed by atoms with van der Waals surface area (Å²) >= 11 is 0. The van der Waals surface area contributed by atoms with Crippen molar-refractivity contribution in [2.75, 3.05) is 6.54 Å². The molecule has 14 N–H and O–H groups in total. The number of phenols is 1. The zero-order valence-corrected chi connectivity index (χ0v) is 22.8. The van der Waals surface area contributed by atoms with Crippen LogP contribution in [-0.2, 0) is 35.2 Å². The highest BCUT2D eigenvalue weighted by molar-refractivity contribution is 5.94. The number of phenolic OH excluding ortho intramolecular Hbond substituents is 1. The molecule has 0 radical (unpaired) electrons. The largest absolute Gasteiger partial charge is 0.508 e. The number of nitrogens with two attached hydrogens (primary N) is 4. The summed E-state index contributed by atoms with van der Waals surface area (Å²) in [4.78, 5) is 76.8. The number of rotatable bonds is 19. The van der Waals surface area contributed by atoms with Crippen molar-refractivity contribution in [3.63, 3.8) is 0 Å². The van der Waals surface area contributed by atoms with E-state index in [4.69, 9.17) is 28.0 Å². The van der Waals surface area contributed by atoms with Gasteiger partial charge in [0.15, 0.2) is 5.96 Å². The van der Waals surface area contributed by atoms with Crippen molar-refractivity contribution >= 4 is 41.5 Å². The number of carboxylic acid groups (broad SMARTS) is 2. The molecule has 17 heteroatoms. The molecule has 4 atom stereocenters. The third-order valence-corrected chi connectivity index (χ3v) is 5.88. The summed E-state index contributed by atoms with van der Waals surface area (Å²) in [6, 6.07) is 0.471. The number of nitrogens with one attached hydrogen (secondary N) is 3. The second kappa shape index (κ2) is 17.7. The average Bonchev–Trinajstić information content (AvgIpc) is 2.90. The first-order valence-corrected chi connectivity index (χ1v) is 12.9. The van der Waals surface area contributed by atoms with Gasteiger partial charge < -0.3 is 54.2 Å². The molecule has 0 aliphatic carbocycles. The van der Waals surface area contributed by atoms with Gasteiger partial charge in [0.2, 0.25) is 23.6 Å². The molecule has 0 spiro atoms. The monoisotopic (exact) mass is 594 g/mol. The van der Waals surface area contributed by atoms with Crippen LogP contribution < -0.4 is 38.9 Å². The van der Waals surface area contributed by atoms with Crippen LogP contribution in [0.1, 0.15) is 44.1 Å². The Kier molecular flexibility index (Phi) is 14.8. The van der Waals surface area contributed by atoms with E-state index in [1.54, 1.807) is 12.1 Å². The average molecular weight is 595 g/mol. The number of primary amides is 1. The third-order valence-electron chi connectivity index (χ3n) is 5.88. The predicted molar refractivity (Wildman–Crippen MR) is 148 cm³/mol. The van der Waals surface area contributed by atoms with Gasteiger partial charge in [-0.05, 0) is 49.8 Å². The van der Waals surface area contributed by atoms with Crippen molar-refractivity contribution in [2.45, 2.75) is 69.1 Å². The molecule has 0 bridgehead atoms. The smallest absolute Gasteiger partial charge is 0.326 e. The Bertz CT molecular complexity index is 1140. The number of carbonyl (C=O) groups excluding carboxylic acids is 4. The maximum atomic E-state index is 13.1. The molecule has 42 heavy (non-hydrogen) atoms. The van der Waals surface area contributed by atoms with Crippen molar-refractivity contribution in [1.29, 1.82) is 0 Å². The molecule has 0 aliphatic heterocycles. The highest BCUT2D eigenvalue weighted by Gasteiger charge is 2.31. The fraction of sp³-hybridized carbons (Fsp3) is 0.480. The number of hydrogen-bond donors (Lipinski definition) is 10. The lowest BCUT2D eigenvalue weighted by Gasteiger charge is -2.25. The molecule has 0 saturated carbocycles. The molecule has 0 aliphatic rings. The topological polar surface area (TPSA) is 316 Å². The first-order chi connectivity index (χ1) is 19.7. The van der Waals surface area contributed by atoms with Gasteiger partial charge in [0.25, 0.3) is 0 Å². The molecular formula is C25H38N8O9. The Balaban J connectivity index is 3.02. The Morgan fingerprint density at radius 1 is 0.762 bits per heavy atom. The second-order valence-corrected chi connectivity index (χ2v) is 9.39. The molecule has 1 rings (SSSR count). The van der Waals surface area contributed by atoms with E-state index in [0.717, 1.165) is 0 Å². The van der Waals surface area contributed by atoms with Crippen molar-refractivity contribution in [1.82, 2.24) is 16.0 Å². The minimum Gasteiger partial charge on any atom is -0.508 e. The second-order valence-electron chi connectivity index (χ2n) is 9.39. The molecule has 0 saturated heterocycles. The Morgan fingerprint density at radius 2 is 1.29 bits per heavy atom. The van der Waals surface area contributed by atoms with Crippen LogP contribution in [0.25, 0.3) is 0 Å². The zero-order chi connectivity index (χ0) is 31.8. The SMILES string of the molecule is NC(=O)CCC(NC(=O)C(N)Cc1ccc(O)cc1)C(=O)NC(CCC(=O)O)C(=O)NC(CCCN=C(N)N)C(=O)O. The summed E-state index contributed by atoms with van der Waals surface area (Å²) in [6.07, 6.45) is -1.41. The Labute approximate surface area is 241 Å². The minimum atomic E-state index is -1.51. The lowest BCUT2D eigenvalue weighted by molar-refractivity contribution is -0.143. The molecule has 0 fully saturated rings. The van der Waals surface area contributed by atoms with Gasteiger partial charge in [0.05, 0.1) is 6.04 Å². The summed E-state index contributed by atoms with van der Waals surface area (Å²) in [5, 5.41) is 35.0. The molecule has 1 aromatic rings. The molecule has 17 nitrogen and oxygen atoms in total. The third kappa shape index (κ3) is 13.9. The van der Waals surface area contributed by atoms with Crippen LogP contribution in [0.5, 0.6) is 5.75 Å². The summed E-state index contributed by atoms with van der Waals surface area (Å²) in [7, 11) is 0. The van der Waals surface area contributed by atoms with Crippen molar-refractivity contribution in [2.24, 2.45) is 27.9 Å². The number of aliphatic imine (C=N–C) groups is 1. The number of hydrogen-bond acceptors (Lipinski definition) is 9. The molecule has 0 heterocycles. The molecular weight excluding hydrogens is 556 g/mol. The highest BCUT2D eigenvalue weighted by Crippen LogP contribution is 2.11. The van der Waals surface area contributed by atoms with Gasteiger partial charge in [0.1, 0.15) is 23.9 Å². The van der Waals surface area contributed by atoms with Crippen LogP contribution in [0, 0.1) is 0 Å². The Morgan fingerprint density at radius 3 is 1.79 bits per heavy atom. The number of carboxylic acids is 2. The van der Waals surface area contributed by atoms with Crippen molar-refractivity contribution in [3.05, 3.63) is 29.8 Å². The zero-order valence-electron chi connectivity index (χ0n) is 22.8. The van der Waals surface area contributed by atoms with Crippen LogP contribution in [0.3, 0.4) is 0 Å². The molecule has 4 amide bonds. The van der Waals surface area contributed by atoms with E-state index < -0.39 is 72.6 Å². The van der Waals surface area contributed by atoms with Crippen LogP contribution in [0.4, 0.5) is 0 Å². The standard InChI is InChI=1S/C25H38N8O9/c26-15(12-13-3-5-14(34)6-4-13)21(38)31-16(7-9-19(27)35)22(39)32-17(8-10-20(36)37)23(40)33-18(24(41)42)2-1-11-30-25(28)29/h3-6,15-18,34H,1-2,7-12,26H2,(H2,27,35)(H,31,38)(H,32,39)(H,33,40)(H,36,37)(H,41,42)(H4,28,29,30). The molecule has 4 unspecified atom stereocenters. The van der Waals surface area contributed by atoms with Gasteiger partial charge in [0, 0.05) is 19.4 Å². The summed E-state index contributed by atoms with van der Waals surface area (Å²) in [6.45, 7) is 0.0945. The number of amides is 4. The fourth-order valence-corrected chi connectivity index (χ4v) is 3.66. The van der Waals surface area contributed by atoms with Crippen LogP contribution >= 0.6 is 0 Å². The van der Waals surface area contributed by atoms with Gasteiger partial charge in [-0.25, -0.2) is 4.79 Å². The van der Waals surface area contributed by atoms with Crippen LogP contribution in [-0.4, -0.2) is 87.6 Å². The van der Waals surface area contributed by atoms with E-state index in [1.807, 2.05) is 0 Å². The summed E-state index contributed by atoms with van der Waals surface area (Å²) in [5.41, 5.74) is 22.2. The summed E-state index contributed by atoms with van der Waals surface area (Å²) in [5.74, 6) is -6.33. The van der Waals surface area contributed by atoms with Crippen LogP contribution in [0.15, 0.2) is 29.3 Å². The number of carbonyl (C=O) groups is 6. The van der Waals surface area contributed by atoms with Gasteiger partial charge in [-0.15, -0.1) is 0 Å². The predicted octanol–water partition coefficient (Wildman–Crippen LogP) is -3.02. The minimum absolute atomic E-state index is 0.0158. The fourth-order valence-electron chi connectivity index (χ4n) is 3.66. The highest BCUT2D eigenvalue weighted by atomic mass is 16.4. The number of aliphatic carboxylic acids is 2. The number of nitrogens with zero attached hydrogens (tertiary/aromatic N) is 1. The van der Waals surface area contributed by atoms with E-state index in [2.05, 4.69) is 20.9 Å². The number of aromatic hydroxyl groups is 1. The quantitative estimate of drug-likeness (QED) is 0.0435. The lowest BCUT2D eigenvalue weighted by atomic mass is 10.0. The maximum absolute atomic E-state index is 13.1. The van der Waals surface area contributed by atoms with E-state index in [1.165, 1.54) is 12.1 Å². The van der Waals surface area contributed by atoms with Crippen LogP contribution in [0.2, 0.25) is 0 Å². The van der Waals surface area contributed by atoms with E-state index in [9.17, 15) is 39.0 Å². The van der Waals surface area contributed by atoms with Gasteiger partial charge in [-0.3, -0.25) is 29.0 Å². The van der Waals surface area contributed by atoms with E-state index in [-0.39, 0.29) is 50.4 Å². The number of guanidine groups is 1. The van der Waals surface area contributed by atoms with E-state index >= 15 is 0 Å². The van der Waals surface area contributed by atoms with E-state index in [0.29, 0.717) is 5.56 Å². The molecule has 1 aromatic carbocycles. The van der Waals surface area contributed by atoms with Gasteiger partial charge >= 0.3 is 11.9 Å². The van der Waals surface area contributed by atoms with Crippen molar-refractivity contribution in [3.8, 4) is 5.75 Å². The Hall–Kier alpha value is -4.93. The normalized spacial score (nSPS) is 13.5. The maximum Gasteiger partial charge on any atom is 0.326 e. The first-order valence-electron chi connectivity index (χ1n) is 12.9. The molecule has 0 aromatic heterocycles. The van der Waals surface area contributed by atoms with Gasteiger partial charge in [-0.2, -0.15) is 0 Å². The summed E-state index contributed by atoms with van der Waals surface area (Å²) < 4.78 is 0. The lowest BCUT2D eigenvalue weighted by Crippen LogP contribution is -2.57. The number of benzene rings is 1. The molecule has 232 valence electrons.